The Labute approximate surface area is 148 Å². The number of hydrogen-bond donors (Lipinski definition) is 0. The summed E-state index contributed by atoms with van der Waals surface area (Å²) in [6, 6.07) is 0. The van der Waals surface area contributed by atoms with Gasteiger partial charge in [0.1, 0.15) is 0 Å². The van der Waals surface area contributed by atoms with Gasteiger partial charge in [-0.25, -0.2) is 14.6 Å². The third-order valence-electron chi connectivity index (χ3n) is 6.68. The highest BCUT2D eigenvalue weighted by Gasteiger charge is 2.69. The fourth-order valence-corrected chi connectivity index (χ4v) is 5.21. The third-order valence-corrected chi connectivity index (χ3v) is 6.68. The minimum atomic E-state index is -0.811. The number of carbonyl (C=O) groups is 1. The van der Waals surface area contributed by atoms with Gasteiger partial charge in [0.25, 0.3) is 0 Å². The van der Waals surface area contributed by atoms with Crippen LogP contribution in [0.1, 0.15) is 46.5 Å². The monoisotopic (exact) mass is 355 g/mol. The molecule has 7 heteroatoms. The molecule has 0 N–H and O–H groups in total. The number of amides is 1. The van der Waals surface area contributed by atoms with E-state index in [4.69, 9.17) is 24.0 Å². The Balaban J connectivity index is 1.68. The molecule has 8 atom stereocenters. The second-order valence-electron chi connectivity index (χ2n) is 8.55. The molecule has 1 aliphatic carbocycles. The molecular formula is C18H29NO6. The first-order valence-electron chi connectivity index (χ1n) is 9.35. The normalized spacial score (nSPS) is 51.4. The van der Waals surface area contributed by atoms with Crippen LogP contribution >= 0.6 is 0 Å². The van der Waals surface area contributed by atoms with Gasteiger partial charge in [0.05, 0.1) is 0 Å². The Kier molecular flexibility index (Phi) is 4.07. The van der Waals surface area contributed by atoms with Crippen LogP contribution in [0.3, 0.4) is 0 Å². The van der Waals surface area contributed by atoms with Gasteiger partial charge in [-0.05, 0) is 38.0 Å². The molecule has 5 fully saturated rings. The van der Waals surface area contributed by atoms with Crippen LogP contribution in [-0.2, 0) is 24.0 Å². The fraction of sp³-hybridized carbons (Fsp3) is 0.944. The van der Waals surface area contributed by atoms with Crippen molar-refractivity contribution < 1.29 is 28.8 Å². The molecular weight excluding hydrogens is 326 g/mol. The standard InChI is InChI=1S/C18H29NO6/c1-10-6-7-13-11(2)14(22-16(20)19(4)5)21-15-18(13)12(10)8-9-17(3,23-15)24-25-18/h10-15H,6-9H2,1-5H3/t10-,11-,12+,13?,14?,15-,17-,18-/m1/s1. The third kappa shape index (κ3) is 2.51. The number of rotatable bonds is 1. The molecule has 7 nitrogen and oxygen atoms in total. The van der Waals surface area contributed by atoms with Gasteiger partial charge in [0.2, 0.25) is 12.1 Å². The van der Waals surface area contributed by atoms with Crippen molar-refractivity contribution in [2.24, 2.45) is 23.7 Å². The fourth-order valence-electron chi connectivity index (χ4n) is 5.21. The first-order valence-corrected chi connectivity index (χ1v) is 9.35. The molecule has 25 heavy (non-hydrogen) atoms. The van der Waals surface area contributed by atoms with E-state index in [1.165, 1.54) is 4.90 Å². The van der Waals surface area contributed by atoms with Crippen LogP contribution in [0.4, 0.5) is 4.79 Å². The van der Waals surface area contributed by atoms with Crippen molar-refractivity contribution in [3.63, 3.8) is 0 Å². The van der Waals surface area contributed by atoms with E-state index in [9.17, 15) is 4.79 Å². The summed E-state index contributed by atoms with van der Waals surface area (Å²) >= 11 is 0. The Bertz CT molecular complexity index is 556. The summed E-state index contributed by atoms with van der Waals surface area (Å²) in [5.74, 6) is 0.185. The summed E-state index contributed by atoms with van der Waals surface area (Å²) in [5, 5.41) is 0. The summed E-state index contributed by atoms with van der Waals surface area (Å²) in [6.07, 6.45) is 2.24. The summed E-state index contributed by atoms with van der Waals surface area (Å²) in [6.45, 7) is 6.23. The lowest BCUT2D eigenvalue weighted by Crippen LogP contribution is -2.70. The average Bonchev–Trinajstić information content (AvgIpc) is 2.78. The maximum absolute atomic E-state index is 12.1. The Morgan fingerprint density at radius 2 is 1.88 bits per heavy atom. The van der Waals surface area contributed by atoms with E-state index in [-0.39, 0.29) is 11.8 Å². The predicted octanol–water partition coefficient (Wildman–Crippen LogP) is 2.89. The maximum Gasteiger partial charge on any atom is 0.411 e. The molecule has 1 spiro atoms. The second-order valence-corrected chi connectivity index (χ2v) is 8.55. The van der Waals surface area contributed by atoms with Crippen LogP contribution < -0.4 is 0 Å². The van der Waals surface area contributed by atoms with Crippen molar-refractivity contribution in [2.45, 2.75) is 70.4 Å². The molecule has 2 bridgehead atoms. The molecule has 5 aliphatic rings. The van der Waals surface area contributed by atoms with Crippen molar-refractivity contribution in [1.29, 1.82) is 0 Å². The van der Waals surface area contributed by atoms with Gasteiger partial charge >= 0.3 is 6.09 Å². The quantitative estimate of drug-likeness (QED) is 0.674. The molecule has 0 aromatic rings. The highest BCUT2D eigenvalue weighted by Crippen LogP contribution is 2.60. The first-order chi connectivity index (χ1) is 11.8. The van der Waals surface area contributed by atoms with Gasteiger partial charge in [-0.2, -0.15) is 0 Å². The summed E-state index contributed by atoms with van der Waals surface area (Å²) in [5.41, 5.74) is -0.617. The zero-order valence-corrected chi connectivity index (χ0v) is 15.7. The molecule has 2 unspecified atom stereocenters. The first kappa shape index (κ1) is 17.5. The van der Waals surface area contributed by atoms with Gasteiger partial charge in [0.15, 0.2) is 11.9 Å². The Morgan fingerprint density at radius 1 is 1.12 bits per heavy atom. The zero-order valence-electron chi connectivity index (χ0n) is 15.7. The van der Waals surface area contributed by atoms with Crippen LogP contribution in [0, 0.1) is 23.7 Å². The smallest absolute Gasteiger partial charge is 0.411 e. The topological polar surface area (TPSA) is 66.5 Å². The van der Waals surface area contributed by atoms with Crippen molar-refractivity contribution in [3.8, 4) is 0 Å². The largest absolute Gasteiger partial charge is 0.419 e. The average molecular weight is 355 g/mol. The molecule has 1 saturated carbocycles. The summed E-state index contributed by atoms with van der Waals surface area (Å²) in [4.78, 5) is 25.3. The van der Waals surface area contributed by atoms with Crippen LogP contribution in [0.5, 0.6) is 0 Å². The molecule has 4 aliphatic heterocycles. The van der Waals surface area contributed by atoms with E-state index in [1.54, 1.807) is 14.1 Å². The van der Waals surface area contributed by atoms with Crippen molar-refractivity contribution >= 4 is 6.09 Å². The predicted molar refractivity (Wildman–Crippen MR) is 87.0 cm³/mol. The Hall–Kier alpha value is -0.890. The molecule has 1 amide bonds. The molecule has 5 rings (SSSR count). The highest BCUT2D eigenvalue weighted by atomic mass is 17.3. The summed E-state index contributed by atoms with van der Waals surface area (Å²) < 4.78 is 18.0. The lowest BCUT2D eigenvalue weighted by molar-refractivity contribution is -0.576. The van der Waals surface area contributed by atoms with Crippen LogP contribution in [0.15, 0.2) is 0 Å². The van der Waals surface area contributed by atoms with Crippen LogP contribution in [-0.4, -0.2) is 49.1 Å². The number of nitrogens with zero attached hydrogens (tertiary/aromatic N) is 1. The Morgan fingerprint density at radius 3 is 2.60 bits per heavy atom. The maximum atomic E-state index is 12.1. The lowest BCUT2D eigenvalue weighted by Gasteiger charge is -2.59. The van der Waals surface area contributed by atoms with Crippen molar-refractivity contribution in [1.82, 2.24) is 4.90 Å². The molecule has 142 valence electrons. The number of ether oxygens (including phenoxy) is 3. The van der Waals surface area contributed by atoms with E-state index in [0.29, 0.717) is 11.8 Å². The second kappa shape index (κ2) is 5.81. The van der Waals surface area contributed by atoms with Crippen LogP contribution in [0.25, 0.3) is 0 Å². The molecule has 4 heterocycles. The van der Waals surface area contributed by atoms with Gasteiger partial charge in [-0.3, -0.25) is 0 Å². The van der Waals surface area contributed by atoms with Gasteiger partial charge < -0.3 is 19.1 Å². The van der Waals surface area contributed by atoms with E-state index in [0.717, 1.165) is 25.7 Å². The SMILES string of the molecule is C[C@H]1C(OC(=O)N(C)C)O[C@@H]2O[C@@]3(C)CC[C@H]4[C@H](C)CCC1[C@@]24OO3. The van der Waals surface area contributed by atoms with Crippen LogP contribution in [0.2, 0.25) is 0 Å². The molecule has 4 saturated heterocycles. The highest BCUT2D eigenvalue weighted by molar-refractivity contribution is 5.66. The van der Waals surface area contributed by atoms with E-state index >= 15 is 0 Å². The summed E-state index contributed by atoms with van der Waals surface area (Å²) in [7, 11) is 3.33. The minimum absolute atomic E-state index is 0.00445. The lowest BCUT2D eigenvalue weighted by atomic mass is 9.58. The minimum Gasteiger partial charge on any atom is -0.419 e. The number of hydrogen-bond acceptors (Lipinski definition) is 6. The molecule has 0 aromatic carbocycles. The van der Waals surface area contributed by atoms with Gasteiger partial charge in [-0.15, -0.1) is 0 Å². The number of carbonyl (C=O) groups excluding carboxylic acids is 1. The van der Waals surface area contributed by atoms with Crippen molar-refractivity contribution in [2.75, 3.05) is 14.1 Å². The van der Waals surface area contributed by atoms with E-state index < -0.39 is 30.1 Å². The van der Waals surface area contributed by atoms with E-state index in [1.807, 2.05) is 6.92 Å². The number of fused-ring (bicyclic) bond motifs is 2. The van der Waals surface area contributed by atoms with Crippen molar-refractivity contribution in [3.05, 3.63) is 0 Å². The molecule has 0 radical (unpaired) electrons. The van der Waals surface area contributed by atoms with Gasteiger partial charge in [-0.1, -0.05) is 13.8 Å². The zero-order chi connectivity index (χ0) is 18.0. The van der Waals surface area contributed by atoms with Gasteiger partial charge in [0, 0.05) is 32.4 Å². The van der Waals surface area contributed by atoms with E-state index in [2.05, 4.69) is 13.8 Å². The molecule has 0 aromatic heterocycles.